The Bertz CT molecular complexity index is 831. The van der Waals surface area contributed by atoms with Crippen molar-refractivity contribution in [1.29, 1.82) is 5.26 Å². The highest BCUT2D eigenvalue weighted by molar-refractivity contribution is 6.32. The molecule has 0 fully saturated rings. The second-order valence-electron chi connectivity index (χ2n) is 5.78. The van der Waals surface area contributed by atoms with Gasteiger partial charge in [-0.05, 0) is 42.2 Å². The number of urea groups is 1. The lowest BCUT2D eigenvalue weighted by atomic mass is 9.93. The molecular formula is C18H16ClN3O2. The smallest absolute Gasteiger partial charge is 0.320 e. The second kappa shape index (κ2) is 6.52. The first kappa shape index (κ1) is 16.3. The molecule has 0 saturated carbocycles. The van der Waals surface area contributed by atoms with Crippen molar-refractivity contribution in [3.8, 4) is 6.07 Å². The Morgan fingerprint density at radius 1 is 1.33 bits per heavy atom. The zero-order chi connectivity index (χ0) is 17.2. The van der Waals surface area contributed by atoms with Crippen LogP contribution in [0.5, 0.6) is 0 Å². The molecule has 0 radical (unpaired) electrons. The molecule has 0 spiro atoms. The minimum atomic E-state index is -0.781. The summed E-state index contributed by atoms with van der Waals surface area (Å²) >= 11 is 5.97. The number of nitriles is 1. The molecule has 6 heteroatoms. The van der Waals surface area contributed by atoms with Gasteiger partial charge in [0.2, 0.25) is 0 Å². The van der Waals surface area contributed by atoms with Crippen molar-refractivity contribution in [2.75, 3.05) is 11.9 Å². The van der Waals surface area contributed by atoms with Crippen LogP contribution in [0.2, 0.25) is 5.02 Å². The van der Waals surface area contributed by atoms with Crippen LogP contribution < -0.4 is 10.6 Å². The fourth-order valence-electron chi connectivity index (χ4n) is 3.08. The molecule has 1 aliphatic carbocycles. The Morgan fingerprint density at radius 2 is 2.12 bits per heavy atom. The normalized spacial score (nSPS) is 18.5. The number of halogens is 1. The first-order valence-electron chi connectivity index (χ1n) is 7.56. The summed E-state index contributed by atoms with van der Waals surface area (Å²) in [6.07, 6.45) is 1.45. The maximum atomic E-state index is 12.4. The largest absolute Gasteiger partial charge is 0.394 e. The van der Waals surface area contributed by atoms with Crippen LogP contribution >= 0.6 is 11.6 Å². The number of nitrogens with one attached hydrogen (secondary N) is 2. The van der Waals surface area contributed by atoms with Crippen molar-refractivity contribution in [1.82, 2.24) is 5.32 Å². The molecule has 3 rings (SSSR count). The molecule has 1 aliphatic rings. The van der Waals surface area contributed by atoms with Crippen molar-refractivity contribution in [3.63, 3.8) is 0 Å². The van der Waals surface area contributed by atoms with Crippen LogP contribution in [0, 0.1) is 11.3 Å². The van der Waals surface area contributed by atoms with E-state index in [2.05, 4.69) is 10.6 Å². The minimum absolute atomic E-state index is 0.175. The summed E-state index contributed by atoms with van der Waals surface area (Å²) < 4.78 is 0. The van der Waals surface area contributed by atoms with Crippen LogP contribution in [0.15, 0.2) is 42.5 Å². The first-order valence-corrected chi connectivity index (χ1v) is 7.94. The van der Waals surface area contributed by atoms with Crippen LogP contribution in [-0.4, -0.2) is 17.7 Å². The van der Waals surface area contributed by atoms with E-state index in [9.17, 15) is 9.90 Å². The summed E-state index contributed by atoms with van der Waals surface area (Å²) in [7, 11) is 0. The van der Waals surface area contributed by atoms with E-state index in [4.69, 9.17) is 16.9 Å². The average Bonchev–Trinajstić information content (AvgIpc) is 2.94. The van der Waals surface area contributed by atoms with E-state index < -0.39 is 11.6 Å². The molecule has 2 aromatic carbocycles. The van der Waals surface area contributed by atoms with Gasteiger partial charge >= 0.3 is 6.03 Å². The molecule has 2 amide bonds. The highest BCUT2D eigenvalue weighted by Crippen LogP contribution is 2.36. The summed E-state index contributed by atoms with van der Waals surface area (Å²) in [6.45, 7) is -0.175. The van der Waals surface area contributed by atoms with Crippen molar-refractivity contribution in [2.24, 2.45) is 0 Å². The number of carbonyl (C=O) groups is 1. The highest BCUT2D eigenvalue weighted by Gasteiger charge is 2.39. The topological polar surface area (TPSA) is 85.2 Å². The van der Waals surface area contributed by atoms with Crippen LogP contribution in [0.25, 0.3) is 0 Å². The third-order valence-electron chi connectivity index (χ3n) is 4.32. The number of hydrogen-bond donors (Lipinski definition) is 3. The predicted molar refractivity (Wildman–Crippen MR) is 91.8 cm³/mol. The summed E-state index contributed by atoms with van der Waals surface area (Å²) in [6, 6.07) is 14.0. The molecule has 0 saturated heterocycles. The molecular weight excluding hydrogens is 326 g/mol. The minimum Gasteiger partial charge on any atom is -0.394 e. The Labute approximate surface area is 144 Å². The van der Waals surface area contributed by atoms with Gasteiger partial charge in [0.05, 0.1) is 22.7 Å². The maximum Gasteiger partial charge on any atom is 0.320 e. The lowest BCUT2D eigenvalue weighted by Gasteiger charge is -2.29. The van der Waals surface area contributed by atoms with E-state index in [-0.39, 0.29) is 11.6 Å². The fourth-order valence-corrected chi connectivity index (χ4v) is 3.31. The molecule has 122 valence electrons. The van der Waals surface area contributed by atoms with Gasteiger partial charge in [-0.25, -0.2) is 4.79 Å². The molecule has 1 unspecified atom stereocenters. The number of aliphatic hydroxyl groups excluding tert-OH is 1. The average molecular weight is 342 g/mol. The van der Waals surface area contributed by atoms with Crippen molar-refractivity contribution < 1.29 is 9.90 Å². The van der Waals surface area contributed by atoms with Crippen molar-refractivity contribution >= 4 is 23.3 Å². The maximum absolute atomic E-state index is 12.4. The molecule has 0 aliphatic heterocycles. The molecule has 1 atom stereocenters. The zero-order valence-corrected chi connectivity index (χ0v) is 13.6. The lowest BCUT2D eigenvalue weighted by Crippen LogP contribution is -2.48. The third-order valence-corrected chi connectivity index (χ3v) is 4.64. The number of rotatable bonds is 3. The third kappa shape index (κ3) is 2.94. The molecule has 0 aromatic heterocycles. The van der Waals surface area contributed by atoms with Gasteiger partial charge in [0.15, 0.2) is 0 Å². The van der Waals surface area contributed by atoms with Crippen molar-refractivity contribution in [2.45, 2.75) is 18.4 Å². The van der Waals surface area contributed by atoms with E-state index in [0.717, 1.165) is 17.5 Å². The summed E-state index contributed by atoms with van der Waals surface area (Å²) in [5.74, 6) is 0. The SMILES string of the molecule is N#Cc1ccc(NC(=O)NC2(CO)CCc3ccccc32)cc1Cl. The second-order valence-corrected chi connectivity index (χ2v) is 6.19. The number of aryl methyl sites for hydroxylation is 1. The molecule has 3 N–H and O–H groups in total. The Hall–Kier alpha value is -2.55. The van der Waals surface area contributed by atoms with Gasteiger partial charge in [-0.1, -0.05) is 35.9 Å². The zero-order valence-electron chi connectivity index (χ0n) is 12.8. The van der Waals surface area contributed by atoms with Gasteiger partial charge in [-0.3, -0.25) is 0 Å². The number of anilines is 1. The molecule has 2 aromatic rings. The number of aliphatic hydroxyl groups is 1. The van der Waals surface area contributed by atoms with E-state index in [1.165, 1.54) is 6.07 Å². The Balaban J connectivity index is 1.77. The summed E-state index contributed by atoms with van der Waals surface area (Å²) in [5, 5.41) is 24.6. The highest BCUT2D eigenvalue weighted by atomic mass is 35.5. The molecule has 0 heterocycles. The van der Waals surface area contributed by atoms with Crippen LogP contribution in [0.4, 0.5) is 10.5 Å². The molecule has 24 heavy (non-hydrogen) atoms. The van der Waals surface area contributed by atoms with Gasteiger partial charge in [0, 0.05) is 5.69 Å². The standard InChI is InChI=1S/C18H16ClN3O2/c19-16-9-14(6-5-13(16)10-20)21-17(24)22-18(11-23)8-7-12-3-1-2-4-15(12)18/h1-6,9,23H,7-8,11H2,(H2,21,22,24). The Morgan fingerprint density at radius 3 is 2.83 bits per heavy atom. The van der Waals surface area contributed by atoms with Crippen molar-refractivity contribution in [3.05, 3.63) is 64.2 Å². The van der Waals surface area contributed by atoms with Gasteiger partial charge in [0.25, 0.3) is 0 Å². The number of hydrogen-bond acceptors (Lipinski definition) is 3. The first-order chi connectivity index (χ1) is 11.6. The van der Waals surface area contributed by atoms with E-state index in [0.29, 0.717) is 17.7 Å². The lowest BCUT2D eigenvalue weighted by molar-refractivity contribution is 0.164. The van der Waals surface area contributed by atoms with Crippen LogP contribution in [-0.2, 0) is 12.0 Å². The van der Waals surface area contributed by atoms with Gasteiger partial charge in [0.1, 0.15) is 6.07 Å². The molecule has 5 nitrogen and oxygen atoms in total. The summed E-state index contributed by atoms with van der Waals surface area (Å²) in [4.78, 5) is 12.4. The molecule has 0 bridgehead atoms. The summed E-state index contributed by atoms with van der Waals surface area (Å²) in [5.41, 5.74) is 2.13. The number of carbonyl (C=O) groups excluding carboxylic acids is 1. The monoisotopic (exact) mass is 341 g/mol. The Kier molecular flexibility index (Phi) is 4.43. The number of benzene rings is 2. The van der Waals surface area contributed by atoms with Gasteiger partial charge < -0.3 is 15.7 Å². The number of fused-ring (bicyclic) bond motifs is 1. The fraction of sp³-hybridized carbons (Fsp3) is 0.222. The number of amides is 2. The van der Waals surface area contributed by atoms with E-state index in [1.54, 1.807) is 12.1 Å². The number of nitrogens with zero attached hydrogens (tertiary/aromatic N) is 1. The van der Waals surface area contributed by atoms with E-state index in [1.807, 2.05) is 30.3 Å². The predicted octanol–water partition coefficient (Wildman–Crippen LogP) is 3.17. The van der Waals surface area contributed by atoms with Gasteiger partial charge in [-0.2, -0.15) is 5.26 Å². The van der Waals surface area contributed by atoms with Crippen LogP contribution in [0.1, 0.15) is 23.1 Å². The van der Waals surface area contributed by atoms with Crippen LogP contribution in [0.3, 0.4) is 0 Å². The van der Waals surface area contributed by atoms with E-state index >= 15 is 0 Å². The quantitative estimate of drug-likeness (QED) is 0.801. The van der Waals surface area contributed by atoms with Gasteiger partial charge in [-0.15, -0.1) is 0 Å².